The minimum atomic E-state index is 0.372. The molecule has 0 unspecified atom stereocenters. The second-order valence-electron chi connectivity index (χ2n) is 7.68. The van der Waals surface area contributed by atoms with Gasteiger partial charge in [0.05, 0.1) is 0 Å². The maximum atomic E-state index is 5.53. The van der Waals surface area contributed by atoms with Gasteiger partial charge in [0.15, 0.2) is 5.11 Å². The highest BCUT2D eigenvalue weighted by Crippen LogP contribution is 2.52. The lowest BCUT2D eigenvalue weighted by Crippen LogP contribution is -2.65. The molecule has 3 nitrogen and oxygen atoms in total. The van der Waals surface area contributed by atoms with Gasteiger partial charge in [0.2, 0.25) is 0 Å². The maximum Gasteiger partial charge on any atom is 0.168 e. The number of benzene rings is 1. The van der Waals surface area contributed by atoms with Crippen LogP contribution in [0.1, 0.15) is 29.5 Å². The fourth-order valence-corrected chi connectivity index (χ4v) is 5.51. The highest BCUT2D eigenvalue weighted by atomic mass is 32.1. The first-order chi connectivity index (χ1) is 11.0. The van der Waals surface area contributed by atoms with Crippen molar-refractivity contribution >= 4 is 17.3 Å². The van der Waals surface area contributed by atoms with E-state index in [4.69, 9.17) is 12.2 Å². The van der Waals surface area contributed by atoms with Crippen LogP contribution in [0.25, 0.3) is 0 Å². The Labute approximate surface area is 145 Å². The smallest absolute Gasteiger partial charge is 0.168 e. The average molecular weight is 330 g/mol. The van der Waals surface area contributed by atoms with Crippen LogP contribution in [0.5, 0.6) is 0 Å². The molecule has 2 heterocycles. The summed E-state index contributed by atoms with van der Waals surface area (Å²) in [6.45, 7) is 5.64. The van der Waals surface area contributed by atoms with Gasteiger partial charge in [-0.3, -0.25) is 0 Å². The van der Waals surface area contributed by atoms with Crippen LogP contribution in [-0.2, 0) is 11.8 Å². The van der Waals surface area contributed by atoms with E-state index in [2.05, 4.69) is 47.3 Å². The Morgan fingerprint density at radius 1 is 1.30 bits per heavy atom. The molecule has 0 amide bonds. The highest BCUT2D eigenvalue weighted by Gasteiger charge is 2.54. The van der Waals surface area contributed by atoms with E-state index >= 15 is 0 Å². The number of aryl methyl sites for hydroxylation is 1. The summed E-state index contributed by atoms with van der Waals surface area (Å²) in [5.74, 6) is 0.690. The van der Waals surface area contributed by atoms with Crippen molar-refractivity contribution in [1.29, 1.82) is 0 Å². The quantitative estimate of drug-likeness (QED) is 0.736. The summed E-state index contributed by atoms with van der Waals surface area (Å²) in [4.78, 5) is 4.99. The molecule has 1 aliphatic carbocycles. The van der Waals surface area contributed by atoms with Gasteiger partial charge in [-0.05, 0) is 63.1 Å². The standard InChI is InChI=1S/C19H27N3S/c1-13-4-5-14-11-17-16-12-22(18(23)20-2)9-7-19(16,15(14)10-13)6-8-21(17)3/h4-5,10,16-17H,6-9,11-12H2,1-3H3,(H,20,23)/t16-,17+,19+/m0/s1. The van der Waals surface area contributed by atoms with Gasteiger partial charge in [-0.2, -0.15) is 0 Å². The van der Waals surface area contributed by atoms with Gasteiger partial charge in [0, 0.05) is 37.5 Å². The summed E-state index contributed by atoms with van der Waals surface area (Å²) in [5, 5.41) is 4.09. The number of rotatable bonds is 0. The first-order valence-electron chi connectivity index (χ1n) is 8.82. The minimum Gasteiger partial charge on any atom is -0.366 e. The van der Waals surface area contributed by atoms with Crippen LogP contribution in [0, 0.1) is 12.8 Å². The zero-order valence-electron chi connectivity index (χ0n) is 14.4. The van der Waals surface area contributed by atoms with Crippen molar-refractivity contribution in [2.45, 2.75) is 37.6 Å². The van der Waals surface area contributed by atoms with Gasteiger partial charge < -0.3 is 15.1 Å². The third-order valence-electron chi connectivity index (χ3n) is 6.63. The molecular weight excluding hydrogens is 302 g/mol. The molecule has 2 fully saturated rings. The molecule has 124 valence electrons. The molecule has 0 saturated carbocycles. The number of piperidine rings is 2. The van der Waals surface area contributed by atoms with Crippen molar-refractivity contribution in [3.8, 4) is 0 Å². The van der Waals surface area contributed by atoms with Crippen LogP contribution in [0.15, 0.2) is 18.2 Å². The molecule has 4 heteroatoms. The summed E-state index contributed by atoms with van der Waals surface area (Å²) in [6.07, 6.45) is 3.72. The van der Waals surface area contributed by atoms with E-state index < -0.39 is 0 Å². The molecule has 4 rings (SSSR count). The zero-order valence-corrected chi connectivity index (χ0v) is 15.2. The van der Waals surface area contributed by atoms with Gasteiger partial charge in [0.1, 0.15) is 0 Å². The van der Waals surface area contributed by atoms with Gasteiger partial charge >= 0.3 is 0 Å². The molecule has 1 N–H and O–H groups in total. The molecule has 1 aromatic carbocycles. The third kappa shape index (κ3) is 2.22. The van der Waals surface area contributed by atoms with Crippen LogP contribution < -0.4 is 5.32 Å². The molecule has 3 atom stereocenters. The van der Waals surface area contributed by atoms with E-state index in [1.54, 1.807) is 11.1 Å². The number of likely N-dealkylation sites (tertiary alicyclic amines) is 2. The maximum absolute atomic E-state index is 5.53. The van der Waals surface area contributed by atoms with Gasteiger partial charge in [-0.1, -0.05) is 23.8 Å². The Hall–Kier alpha value is -1.13. The molecule has 2 saturated heterocycles. The van der Waals surface area contributed by atoms with Gasteiger partial charge in [0.25, 0.3) is 0 Å². The van der Waals surface area contributed by atoms with Crippen LogP contribution in [0.4, 0.5) is 0 Å². The van der Waals surface area contributed by atoms with Crippen LogP contribution in [0.2, 0.25) is 0 Å². The number of hydrogen-bond acceptors (Lipinski definition) is 2. The summed E-state index contributed by atoms with van der Waals surface area (Å²) in [7, 11) is 4.25. The topological polar surface area (TPSA) is 18.5 Å². The third-order valence-corrected chi connectivity index (χ3v) is 7.09. The lowest BCUT2D eigenvalue weighted by Gasteiger charge is -2.60. The molecule has 3 aliphatic rings. The highest BCUT2D eigenvalue weighted by molar-refractivity contribution is 7.80. The summed E-state index contributed by atoms with van der Waals surface area (Å²) in [5.41, 5.74) is 5.02. The van der Waals surface area contributed by atoms with E-state index in [1.807, 2.05) is 7.05 Å². The number of nitrogens with zero attached hydrogens (tertiary/aromatic N) is 2. The van der Waals surface area contributed by atoms with E-state index in [-0.39, 0.29) is 0 Å². The molecule has 1 aromatic rings. The zero-order chi connectivity index (χ0) is 16.2. The Morgan fingerprint density at radius 3 is 2.87 bits per heavy atom. The number of likely N-dealkylation sites (N-methyl/N-ethyl adjacent to an activating group) is 1. The second kappa shape index (κ2) is 5.45. The van der Waals surface area contributed by atoms with Crippen molar-refractivity contribution in [2.75, 3.05) is 33.7 Å². The molecule has 0 spiro atoms. The molecule has 23 heavy (non-hydrogen) atoms. The van der Waals surface area contributed by atoms with Crippen LogP contribution in [-0.4, -0.2) is 54.7 Å². The van der Waals surface area contributed by atoms with E-state index in [0.717, 1.165) is 18.2 Å². The average Bonchev–Trinajstić information content (AvgIpc) is 2.57. The molecular formula is C19H27N3S. The van der Waals surface area contributed by atoms with E-state index in [9.17, 15) is 0 Å². The van der Waals surface area contributed by atoms with E-state index in [0.29, 0.717) is 17.4 Å². The van der Waals surface area contributed by atoms with Crippen molar-refractivity contribution in [2.24, 2.45) is 5.92 Å². The minimum absolute atomic E-state index is 0.372. The van der Waals surface area contributed by atoms with Gasteiger partial charge in [-0.25, -0.2) is 0 Å². The van der Waals surface area contributed by atoms with Crippen molar-refractivity contribution in [1.82, 2.24) is 15.1 Å². The van der Waals surface area contributed by atoms with Crippen LogP contribution in [0.3, 0.4) is 0 Å². The van der Waals surface area contributed by atoms with E-state index in [1.165, 1.54) is 31.4 Å². The monoisotopic (exact) mass is 329 g/mol. The molecule has 0 aromatic heterocycles. The van der Waals surface area contributed by atoms with Gasteiger partial charge in [-0.15, -0.1) is 0 Å². The van der Waals surface area contributed by atoms with Crippen LogP contribution >= 0.6 is 12.2 Å². The summed E-state index contributed by atoms with van der Waals surface area (Å²) < 4.78 is 0. The SMILES string of the molecule is CNC(=S)N1CC[C@]23CCN(C)[C@H](Cc4ccc(C)cc42)[C@@H]3C1. The predicted octanol–water partition coefficient (Wildman–Crippen LogP) is 2.32. The second-order valence-corrected chi connectivity index (χ2v) is 8.06. The number of hydrogen-bond donors (Lipinski definition) is 1. The number of nitrogens with one attached hydrogen (secondary N) is 1. The first-order valence-corrected chi connectivity index (χ1v) is 9.23. The summed E-state index contributed by atoms with van der Waals surface area (Å²) >= 11 is 5.53. The van der Waals surface area contributed by atoms with Crippen molar-refractivity contribution in [3.63, 3.8) is 0 Å². The predicted molar refractivity (Wildman–Crippen MR) is 98.9 cm³/mol. The largest absolute Gasteiger partial charge is 0.366 e. The van der Waals surface area contributed by atoms with Crippen molar-refractivity contribution < 1.29 is 0 Å². The molecule has 2 aliphatic heterocycles. The Bertz CT molecular complexity index is 644. The lowest BCUT2D eigenvalue weighted by molar-refractivity contribution is -0.0109. The molecule has 0 radical (unpaired) electrons. The molecule has 2 bridgehead atoms. The Morgan fingerprint density at radius 2 is 2.09 bits per heavy atom. The lowest BCUT2D eigenvalue weighted by atomic mass is 9.54. The fraction of sp³-hybridized carbons (Fsp3) is 0.632. The Kier molecular flexibility index (Phi) is 3.65. The summed E-state index contributed by atoms with van der Waals surface area (Å²) in [6, 6.07) is 7.81. The van der Waals surface area contributed by atoms with Crippen molar-refractivity contribution in [3.05, 3.63) is 34.9 Å². The Balaban J connectivity index is 1.78. The number of fused-ring (bicyclic) bond motifs is 1. The first kappa shape index (κ1) is 15.4. The fourth-order valence-electron chi connectivity index (χ4n) is 5.34. The normalized spacial score (nSPS) is 32.9. The number of thiocarbonyl (C=S) groups is 1.